The third kappa shape index (κ3) is 2.93. The van der Waals surface area contributed by atoms with Crippen LogP contribution in [-0.4, -0.2) is 13.7 Å². The van der Waals surface area contributed by atoms with Crippen molar-refractivity contribution in [1.82, 2.24) is 5.48 Å². The van der Waals surface area contributed by atoms with Gasteiger partial charge in [0, 0.05) is 17.5 Å². The second-order valence-corrected chi connectivity index (χ2v) is 6.18. The summed E-state index contributed by atoms with van der Waals surface area (Å²) in [5.74, 6) is 1.05. The highest BCUT2D eigenvalue weighted by Crippen LogP contribution is 2.41. The van der Waals surface area contributed by atoms with Crippen LogP contribution in [0.5, 0.6) is 5.75 Å². The summed E-state index contributed by atoms with van der Waals surface area (Å²) in [5.41, 5.74) is 7.07. The highest BCUT2D eigenvalue weighted by Gasteiger charge is 2.28. The van der Waals surface area contributed by atoms with Gasteiger partial charge in [0.2, 0.25) is 0 Å². The Morgan fingerprint density at radius 1 is 1.37 bits per heavy atom. The zero-order valence-electron chi connectivity index (χ0n) is 12.7. The number of aryl methyl sites for hydroxylation is 1. The molecule has 0 radical (unpaired) electrons. The Kier molecular flexibility index (Phi) is 4.16. The van der Waals surface area contributed by atoms with Gasteiger partial charge in [0.05, 0.1) is 19.8 Å². The number of hydroxylamine groups is 1. The number of hydrogen-bond acceptors (Lipinski definition) is 3. The van der Waals surface area contributed by atoms with Crippen molar-refractivity contribution < 1.29 is 9.57 Å². The average molecular weight is 263 g/mol. The van der Waals surface area contributed by atoms with Gasteiger partial charge < -0.3 is 9.57 Å². The minimum atomic E-state index is 0.0875. The first-order valence-corrected chi connectivity index (χ1v) is 7.06. The van der Waals surface area contributed by atoms with Crippen LogP contribution in [-0.2, 0) is 16.7 Å². The molecular formula is C16H25NO2. The lowest BCUT2D eigenvalue weighted by Gasteiger charge is -2.32. The topological polar surface area (TPSA) is 30.5 Å². The number of nitrogens with one attached hydrogen (secondary N) is 1. The van der Waals surface area contributed by atoms with Gasteiger partial charge in [-0.3, -0.25) is 0 Å². The van der Waals surface area contributed by atoms with Gasteiger partial charge in [-0.05, 0) is 17.4 Å². The molecular weight excluding hydrogens is 238 g/mol. The minimum Gasteiger partial charge on any atom is -0.493 e. The standard InChI is InChI=1S/C16H25NO2/c1-6-11-9-12-14(17-18-5)7-8-19-15(12)13(10-11)16(2,3)4/h9-10,14,17H,6-8H2,1-5H3. The third-order valence-corrected chi connectivity index (χ3v) is 3.68. The van der Waals surface area contributed by atoms with Crippen molar-refractivity contribution >= 4 is 0 Å². The van der Waals surface area contributed by atoms with Gasteiger partial charge in [0.1, 0.15) is 5.75 Å². The van der Waals surface area contributed by atoms with Crippen LogP contribution >= 0.6 is 0 Å². The summed E-state index contributed by atoms with van der Waals surface area (Å²) in [6.45, 7) is 9.63. The van der Waals surface area contributed by atoms with E-state index in [0.29, 0.717) is 0 Å². The molecule has 19 heavy (non-hydrogen) atoms. The van der Waals surface area contributed by atoms with Crippen molar-refractivity contribution in [3.05, 3.63) is 28.8 Å². The molecule has 1 unspecified atom stereocenters. The molecule has 0 bridgehead atoms. The first kappa shape index (κ1) is 14.4. The molecule has 0 saturated carbocycles. The largest absolute Gasteiger partial charge is 0.493 e. The second kappa shape index (κ2) is 5.51. The van der Waals surface area contributed by atoms with Crippen LogP contribution < -0.4 is 10.2 Å². The summed E-state index contributed by atoms with van der Waals surface area (Å²) in [6, 6.07) is 4.76. The lowest BCUT2D eigenvalue weighted by Crippen LogP contribution is -2.28. The molecule has 1 heterocycles. The van der Waals surface area contributed by atoms with E-state index in [1.807, 2.05) is 0 Å². The van der Waals surface area contributed by atoms with E-state index >= 15 is 0 Å². The summed E-state index contributed by atoms with van der Waals surface area (Å²) in [5, 5.41) is 0. The predicted molar refractivity (Wildman–Crippen MR) is 77.5 cm³/mol. The Labute approximate surface area is 116 Å². The highest BCUT2D eigenvalue weighted by molar-refractivity contribution is 5.50. The van der Waals surface area contributed by atoms with Crippen LogP contribution in [0.25, 0.3) is 0 Å². The van der Waals surface area contributed by atoms with Crippen LogP contribution in [0.1, 0.15) is 56.8 Å². The molecule has 1 N–H and O–H groups in total. The number of benzene rings is 1. The molecule has 1 aromatic rings. The first-order chi connectivity index (χ1) is 8.97. The molecule has 106 valence electrons. The molecule has 1 aliphatic heterocycles. The Morgan fingerprint density at radius 3 is 2.68 bits per heavy atom. The molecule has 0 spiro atoms. The molecule has 2 rings (SSSR count). The van der Waals surface area contributed by atoms with Crippen molar-refractivity contribution in [3.8, 4) is 5.75 Å². The molecule has 1 atom stereocenters. The third-order valence-electron chi connectivity index (χ3n) is 3.68. The highest BCUT2D eigenvalue weighted by atomic mass is 16.6. The summed E-state index contributed by atoms with van der Waals surface area (Å²) in [7, 11) is 1.67. The quantitative estimate of drug-likeness (QED) is 0.846. The van der Waals surface area contributed by atoms with Gasteiger partial charge in [-0.15, -0.1) is 0 Å². The molecule has 1 aromatic carbocycles. The molecule has 0 aromatic heterocycles. The number of ether oxygens (including phenoxy) is 1. The zero-order valence-corrected chi connectivity index (χ0v) is 12.7. The van der Waals surface area contributed by atoms with Crippen molar-refractivity contribution in [2.45, 2.75) is 52.0 Å². The molecule has 0 amide bonds. The van der Waals surface area contributed by atoms with Gasteiger partial charge in [-0.1, -0.05) is 39.8 Å². The van der Waals surface area contributed by atoms with E-state index in [1.54, 1.807) is 7.11 Å². The van der Waals surface area contributed by atoms with Crippen molar-refractivity contribution in [3.63, 3.8) is 0 Å². The fourth-order valence-electron chi connectivity index (χ4n) is 2.59. The van der Waals surface area contributed by atoms with Crippen LogP contribution in [0.2, 0.25) is 0 Å². The summed E-state index contributed by atoms with van der Waals surface area (Å²) in [6.07, 6.45) is 1.98. The van der Waals surface area contributed by atoms with E-state index in [4.69, 9.17) is 9.57 Å². The van der Waals surface area contributed by atoms with Crippen molar-refractivity contribution in [1.29, 1.82) is 0 Å². The summed E-state index contributed by atoms with van der Waals surface area (Å²) < 4.78 is 5.96. The van der Waals surface area contributed by atoms with E-state index in [1.165, 1.54) is 16.7 Å². The monoisotopic (exact) mass is 263 g/mol. The average Bonchev–Trinajstić information content (AvgIpc) is 2.37. The van der Waals surface area contributed by atoms with Gasteiger partial charge in [-0.2, -0.15) is 5.48 Å². The Morgan fingerprint density at radius 2 is 2.11 bits per heavy atom. The Balaban J connectivity index is 2.54. The van der Waals surface area contributed by atoms with E-state index < -0.39 is 0 Å². The predicted octanol–water partition coefficient (Wildman–Crippen LogP) is 3.52. The van der Waals surface area contributed by atoms with E-state index in [9.17, 15) is 0 Å². The van der Waals surface area contributed by atoms with Gasteiger partial charge in [-0.25, -0.2) is 0 Å². The fraction of sp³-hybridized carbons (Fsp3) is 0.625. The lowest BCUT2D eigenvalue weighted by molar-refractivity contribution is 0.0459. The maximum atomic E-state index is 5.96. The maximum absolute atomic E-state index is 5.96. The number of fused-ring (bicyclic) bond motifs is 1. The summed E-state index contributed by atoms with van der Waals surface area (Å²) >= 11 is 0. The normalized spacial score (nSPS) is 18.9. The van der Waals surface area contributed by atoms with Crippen LogP contribution in [0, 0.1) is 0 Å². The Hall–Kier alpha value is -1.06. The van der Waals surface area contributed by atoms with Crippen LogP contribution in [0.15, 0.2) is 12.1 Å². The Bertz CT molecular complexity index is 449. The van der Waals surface area contributed by atoms with Gasteiger partial charge in [0.25, 0.3) is 0 Å². The van der Waals surface area contributed by atoms with E-state index in [-0.39, 0.29) is 11.5 Å². The zero-order chi connectivity index (χ0) is 14.0. The van der Waals surface area contributed by atoms with E-state index in [0.717, 1.165) is 25.2 Å². The number of hydrogen-bond donors (Lipinski definition) is 1. The second-order valence-electron chi connectivity index (χ2n) is 6.18. The van der Waals surface area contributed by atoms with Crippen molar-refractivity contribution in [2.75, 3.05) is 13.7 Å². The van der Waals surface area contributed by atoms with Crippen molar-refractivity contribution in [2.24, 2.45) is 0 Å². The maximum Gasteiger partial charge on any atom is 0.127 e. The molecule has 1 aliphatic rings. The smallest absolute Gasteiger partial charge is 0.127 e. The summed E-state index contributed by atoms with van der Waals surface area (Å²) in [4.78, 5) is 5.13. The molecule has 3 heteroatoms. The van der Waals surface area contributed by atoms with E-state index in [2.05, 4.69) is 45.3 Å². The van der Waals surface area contributed by atoms with Gasteiger partial charge in [0.15, 0.2) is 0 Å². The van der Waals surface area contributed by atoms with Crippen LogP contribution in [0.3, 0.4) is 0 Å². The molecule has 0 fully saturated rings. The fourth-order valence-corrected chi connectivity index (χ4v) is 2.59. The van der Waals surface area contributed by atoms with Gasteiger partial charge >= 0.3 is 0 Å². The number of rotatable bonds is 3. The first-order valence-electron chi connectivity index (χ1n) is 7.06. The molecule has 0 saturated heterocycles. The SMILES string of the molecule is CCc1cc2c(c(C(C)(C)C)c1)OCCC2NOC. The lowest BCUT2D eigenvalue weighted by atomic mass is 9.82. The minimum absolute atomic E-state index is 0.0875. The molecule has 0 aliphatic carbocycles. The molecule has 3 nitrogen and oxygen atoms in total. The van der Waals surface area contributed by atoms with Crippen LogP contribution in [0.4, 0.5) is 0 Å².